The first-order chi connectivity index (χ1) is 16.1. The number of primary sulfonamides is 1. The molecule has 0 rings (SSSR count). The number of hydrogen-bond donors (Lipinski definition) is 2. The number of carboxylic acids is 1. The van der Waals surface area contributed by atoms with E-state index in [9.17, 15) is 13.2 Å². The van der Waals surface area contributed by atoms with Gasteiger partial charge in [-0.1, -0.05) is 79.1 Å². The van der Waals surface area contributed by atoms with Gasteiger partial charge in [0.25, 0.3) is 0 Å². The van der Waals surface area contributed by atoms with Crippen molar-refractivity contribution < 1.29 is 23.1 Å². The average molecular weight is 506 g/mol. The first-order valence-electron chi connectivity index (χ1n) is 13.9. The predicted molar refractivity (Wildman–Crippen MR) is 142 cm³/mol. The van der Waals surface area contributed by atoms with Crippen LogP contribution in [0.3, 0.4) is 0 Å². The molecule has 0 saturated heterocycles. The van der Waals surface area contributed by atoms with Gasteiger partial charge in [0, 0.05) is 19.6 Å². The van der Waals surface area contributed by atoms with Crippen molar-refractivity contribution in [2.45, 2.75) is 137 Å². The fraction of sp³-hybridized carbons (Fsp3) is 0.963. The summed E-state index contributed by atoms with van der Waals surface area (Å²) in [6.45, 7) is 10.7. The molecule has 0 aromatic heterocycles. The van der Waals surface area contributed by atoms with Crippen molar-refractivity contribution in [3.05, 3.63) is 0 Å². The third kappa shape index (κ3) is 16.1. The Kier molecular flexibility index (Phi) is 18.2. The van der Waals surface area contributed by atoms with E-state index in [0.29, 0.717) is 17.3 Å². The van der Waals surface area contributed by atoms with Crippen LogP contribution in [0.2, 0.25) is 0 Å². The molecule has 0 aliphatic heterocycles. The number of carbonyl (C=O) groups is 1. The molecule has 0 heterocycles. The summed E-state index contributed by atoms with van der Waals surface area (Å²) >= 11 is 0. The van der Waals surface area contributed by atoms with Gasteiger partial charge in [0.1, 0.15) is 0 Å². The molecule has 0 aliphatic carbocycles. The van der Waals surface area contributed by atoms with Crippen molar-refractivity contribution in [1.82, 2.24) is 0 Å². The molecular weight excluding hydrogens is 450 g/mol. The molecule has 3 N–H and O–H groups in total. The molecule has 0 fully saturated rings. The van der Waals surface area contributed by atoms with Crippen LogP contribution in [0.5, 0.6) is 0 Å². The third-order valence-electron chi connectivity index (χ3n) is 8.23. The normalized spacial score (nSPS) is 12.9. The molecule has 6 nitrogen and oxygen atoms in total. The molecule has 0 aromatic rings. The van der Waals surface area contributed by atoms with E-state index >= 15 is 0 Å². The minimum Gasteiger partial charge on any atom is -0.481 e. The summed E-state index contributed by atoms with van der Waals surface area (Å²) in [5.41, 5.74) is 0.670. The molecule has 0 aromatic carbocycles. The van der Waals surface area contributed by atoms with Gasteiger partial charge in [0.2, 0.25) is 10.0 Å². The monoisotopic (exact) mass is 505 g/mol. The second-order valence-corrected chi connectivity index (χ2v) is 12.1. The zero-order valence-electron chi connectivity index (χ0n) is 22.7. The van der Waals surface area contributed by atoms with E-state index in [4.69, 9.17) is 15.0 Å². The number of hydrogen-bond acceptors (Lipinski definition) is 4. The third-order valence-corrected chi connectivity index (χ3v) is 9.08. The van der Waals surface area contributed by atoms with Crippen molar-refractivity contribution in [3.63, 3.8) is 0 Å². The maximum Gasteiger partial charge on any atom is 0.303 e. The first-order valence-corrected chi connectivity index (χ1v) is 15.6. The topological polar surface area (TPSA) is 107 Å². The summed E-state index contributed by atoms with van der Waals surface area (Å²) in [6.07, 6.45) is 17.3. The molecule has 0 saturated carbocycles. The van der Waals surface area contributed by atoms with Crippen LogP contribution in [-0.2, 0) is 19.6 Å². The van der Waals surface area contributed by atoms with Crippen molar-refractivity contribution in [3.8, 4) is 0 Å². The van der Waals surface area contributed by atoms with Gasteiger partial charge in [-0.15, -0.1) is 0 Å². The van der Waals surface area contributed by atoms with Crippen LogP contribution >= 0.6 is 0 Å². The van der Waals surface area contributed by atoms with Gasteiger partial charge in [-0.25, -0.2) is 13.6 Å². The highest BCUT2D eigenvalue weighted by Gasteiger charge is 2.26. The first kappa shape index (κ1) is 33.3. The fourth-order valence-electron chi connectivity index (χ4n) is 5.25. The number of ether oxygens (including phenoxy) is 1. The summed E-state index contributed by atoms with van der Waals surface area (Å²) in [5.74, 6) is -0.599. The number of unbranched alkanes of at least 4 members (excludes halogenated alkanes) is 4. The van der Waals surface area contributed by atoms with E-state index in [2.05, 4.69) is 27.7 Å². The largest absolute Gasteiger partial charge is 0.481 e. The predicted octanol–water partition coefficient (Wildman–Crippen LogP) is 7.06. The zero-order valence-corrected chi connectivity index (χ0v) is 23.5. The lowest BCUT2D eigenvalue weighted by Gasteiger charge is -2.32. The maximum absolute atomic E-state index is 11.1. The van der Waals surface area contributed by atoms with Crippen LogP contribution < -0.4 is 5.14 Å². The van der Waals surface area contributed by atoms with Crippen molar-refractivity contribution in [2.24, 2.45) is 16.0 Å². The average Bonchev–Trinajstić information content (AvgIpc) is 2.80. The van der Waals surface area contributed by atoms with Gasteiger partial charge in [0.05, 0.1) is 5.75 Å². The van der Waals surface area contributed by atoms with E-state index < -0.39 is 16.0 Å². The van der Waals surface area contributed by atoms with E-state index in [1.54, 1.807) is 0 Å². The van der Waals surface area contributed by atoms with Crippen LogP contribution in [0.1, 0.15) is 137 Å². The maximum atomic E-state index is 11.1. The number of sulfonamides is 1. The summed E-state index contributed by atoms with van der Waals surface area (Å²) in [7, 11) is -3.35. The van der Waals surface area contributed by atoms with Crippen LogP contribution in [0, 0.1) is 10.8 Å². The van der Waals surface area contributed by atoms with Crippen LogP contribution in [0.4, 0.5) is 0 Å². The van der Waals surface area contributed by atoms with Gasteiger partial charge < -0.3 is 9.84 Å². The summed E-state index contributed by atoms with van der Waals surface area (Å²) in [4.78, 5) is 10.7. The lowest BCUT2D eigenvalue weighted by Crippen LogP contribution is -2.21. The Hall–Kier alpha value is -0.660. The van der Waals surface area contributed by atoms with Crippen molar-refractivity contribution in [2.75, 3.05) is 19.0 Å². The lowest BCUT2D eigenvalue weighted by molar-refractivity contribution is -0.137. The Morgan fingerprint density at radius 2 is 1.09 bits per heavy atom. The molecule has 7 heteroatoms. The quantitative estimate of drug-likeness (QED) is 0.137. The van der Waals surface area contributed by atoms with Crippen molar-refractivity contribution in [1.29, 1.82) is 0 Å². The second-order valence-electron chi connectivity index (χ2n) is 10.4. The molecule has 0 radical (unpaired) electrons. The van der Waals surface area contributed by atoms with Crippen LogP contribution in [0.15, 0.2) is 0 Å². The van der Waals surface area contributed by atoms with E-state index in [1.165, 1.54) is 19.3 Å². The molecule has 34 heavy (non-hydrogen) atoms. The fourth-order valence-corrected chi connectivity index (χ4v) is 5.86. The number of carboxylic acid groups (broad SMARTS) is 1. The molecular formula is C27H55NO5S. The lowest BCUT2D eigenvalue weighted by atomic mass is 9.74. The Labute approximate surface area is 210 Å². The van der Waals surface area contributed by atoms with Gasteiger partial charge in [-0.05, 0) is 62.2 Å². The van der Waals surface area contributed by atoms with E-state index in [0.717, 1.165) is 90.3 Å². The van der Waals surface area contributed by atoms with E-state index in [1.807, 2.05) is 0 Å². The van der Waals surface area contributed by atoms with Gasteiger partial charge in [-0.3, -0.25) is 4.79 Å². The molecule has 0 unspecified atom stereocenters. The van der Waals surface area contributed by atoms with Crippen LogP contribution in [-0.4, -0.2) is 38.5 Å². The highest BCUT2D eigenvalue weighted by molar-refractivity contribution is 7.89. The number of nitrogens with two attached hydrogens (primary N) is 1. The molecule has 0 aliphatic rings. The summed E-state index contributed by atoms with van der Waals surface area (Å²) in [6, 6.07) is 0. The van der Waals surface area contributed by atoms with Gasteiger partial charge in [0.15, 0.2) is 0 Å². The standard InChI is InChI=1S/C27H55NO5S/c1-5-26(6-2,18-10-9-17-25(29)30)19-11-14-22-33-23-15-12-20-27(7-3,8-4)21-13-16-24-34(28,31)32/h5-24H2,1-4H3,(H,29,30)(H2,28,31,32). The van der Waals surface area contributed by atoms with E-state index in [-0.39, 0.29) is 12.2 Å². The highest BCUT2D eigenvalue weighted by atomic mass is 32.2. The summed E-state index contributed by atoms with van der Waals surface area (Å²) < 4.78 is 28.2. The van der Waals surface area contributed by atoms with Gasteiger partial charge in [-0.2, -0.15) is 0 Å². The van der Waals surface area contributed by atoms with Crippen LogP contribution in [0.25, 0.3) is 0 Å². The Balaban J connectivity index is 4.05. The molecule has 0 spiro atoms. The Morgan fingerprint density at radius 1 is 0.706 bits per heavy atom. The molecule has 0 bridgehead atoms. The molecule has 204 valence electrons. The molecule has 0 amide bonds. The number of rotatable bonds is 24. The van der Waals surface area contributed by atoms with Crippen molar-refractivity contribution >= 4 is 16.0 Å². The highest BCUT2D eigenvalue weighted by Crippen LogP contribution is 2.39. The molecule has 0 atom stereocenters. The minimum absolute atomic E-state index is 0.0900. The Morgan fingerprint density at radius 3 is 1.44 bits per heavy atom. The number of aliphatic carboxylic acids is 1. The Bertz CT molecular complexity index is 613. The minimum atomic E-state index is -3.35. The summed E-state index contributed by atoms with van der Waals surface area (Å²) in [5, 5.41) is 13.9. The zero-order chi connectivity index (χ0) is 25.9. The smallest absolute Gasteiger partial charge is 0.303 e. The second kappa shape index (κ2) is 18.6. The SMILES string of the molecule is CCC(CC)(CCCCOCCCCC(CC)(CC)CCCCS(N)(=O)=O)CCCCC(=O)O. The van der Waals surface area contributed by atoms with Gasteiger partial charge >= 0.3 is 5.97 Å².